The molecule has 8 bridgehead atoms. The molecule has 0 saturated carbocycles. The topological polar surface area (TPSA) is 57.4 Å². The Bertz CT molecular complexity index is 1170. The summed E-state index contributed by atoms with van der Waals surface area (Å²) in [4.78, 5) is 16.2. The van der Waals surface area contributed by atoms with Gasteiger partial charge < -0.3 is 9.97 Å². The van der Waals surface area contributed by atoms with Crippen LogP contribution < -0.4 is 0 Å². The van der Waals surface area contributed by atoms with Crippen molar-refractivity contribution in [1.29, 1.82) is 0 Å². The Morgan fingerprint density at radius 2 is 1.12 bits per heavy atom. The molecule has 0 saturated heterocycles. The molecule has 4 nitrogen and oxygen atoms in total. The van der Waals surface area contributed by atoms with Gasteiger partial charge in [0.15, 0.2) is 0 Å². The minimum Gasteiger partial charge on any atom is -0.354 e. The van der Waals surface area contributed by atoms with Crippen LogP contribution >= 0.6 is 31.9 Å². The van der Waals surface area contributed by atoms with Crippen LogP contribution in [0.2, 0.25) is 0 Å². The number of hydrogen-bond acceptors (Lipinski definition) is 2. The molecule has 5 rings (SSSR count). The molecule has 126 valence electrons. The number of halogens is 2. The van der Waals surface area contributed by atoms with Crippen molar-refractivity contribution < 1.29 is 0 Å². The predicted molar refractivity (Wildman–Crippen MR) is 114 cm³/mol. The first-order valence-electron chi connectivity index (χ1n) is 8.07. The number of nitrogens with one attached hydrogen (secondary N) is 2. The Labute approximate surface area is 166 Å². The maximum atomic E-state index is 4.68. The summed E-state index contributed by atoms with van der Waals surface area (Å²) in [7, 11) is 0. The van der Waals surface area contributed by atoms with Crippen LogP contribution in [0.25, 0.3) is 46.4 Å². The second-order valence-electron chi connectivity index (χ2n) is 6.08. The van der Waals surface area contributed by atoms with Gasteiger partial charge in [-0.05, 0) is 92.6 Å². The highest BCUT2D eigenvalue weighted by Crippen LogP contribution is 2.27. The Balaban J connectivity index is 1.91. The van der Waals surface area contributed by atoms with Gasteiger partial charge in [0.05, 0.1) is 42.8 Å². The number of H-pyrrole nitrogens is 2. The van der Waals surface area contributed by atoms with E-state index in [0.29, 0.717) is 0 Å². The summed E-state index contributed by atoms with van der Waals surface area (Å²) in [6, 6.07) is 12.2. The summed E-state index contributed by atoms with van der Waals surface area (Å²) in [5.74, 6) is 0. The van der Waals surface area contributed by atoms with Crippen LogP contribution in [-0.4, -0.2) is 19.9 Å². The van der Waals surface area contributed by atoms with Crippen molar-refractivity contribution >= 4 is 78.2 Å². The summed E-state index contributed by atoms with van der Waals surface area (Å²) in [6.45, 7) is 0. The average molecular weight is 468 g/mol. The molecule has 2 aliphatic heterocycles. The van der Waals surface area contributed by atoms with E-state index >= 15 is 0 Å². The smallest absolute Gasteiger partial charge is 0.0800 e. The molecule has 0 unspecified atom stereocenters. The van der Waals surface area contributed by atoms with Gasteiger partial charge in [-0.25, -0.2) is 9.97 Å². The third-order valence-electron chi connectivity index (χ3n) is 4.27. The first kappa shape index (κ1) is 15.8. The SMILES string of the molecule is Brc1c2nc(cc3nc(c(Br)c4ccc(cc5ccc1[nH]5)[nH]4)C=C3)C=C2. The quantitative estimate of drug-likeness (QED) is 0.285. The fourth-order valence-corrected chi connectivity index (χ4v) is 3.91. The van der Waals surface area contributed by atoms with Crippen LogP contribution in [0.1, 0.15) is 22.8 Å². The predicted octanol–water partition coefficient (Wildman–Crippen LogP) is 6.18. The summed E-state index contributed by atoms with van der Waals surface area (Å²) in [5, 5.41) is 0. The van der Waals surface area contributed by atoms with Crippen molar-refractivity contribution in [3.63, 3.8) is 0 Å². The molecule has 5 heterocycles. The normalized spacial score (nSPS) is 12.7. The van der Waals surface area contributed by atoms with Gasteiger partial charge in [0.25, 0.3) is 0 Å². The van der Waals surface area contributed by atoms with E-state index in [0.717, 1.165) is 53.8 Å². The second-order valence-corrected chi connectivity index (χ2v) is 7.67. The molecule has 0 radical (unpaired) electrons. The lowest BCUT2D eigenvalue weighted by atomic mass is 10.3. The van der Waals surface area contributed by atoms with E-state index in [1.165, 1.54) is 0 Å². The second kappa shape index (κ2) is 6.07. The van der Waals surface area contributed by atoms with Crippen LogP contribution in [0.4, 0.5) is 0 Å². The minimum atomic E-state index is 0.880. The third kappa shape index (κ3) is 2.75. The van der Waals surface area contributed by atoms with Gasteiger partial charge in [-0.2, -0.15) is 0 Å². The highest BCUT2D eigenvalue weighted by Gasteiger charge is 2.08. The van der Waals surface area contributed by atoms with E-state index in [1.54, 1.807) is 0 Å². The zero-order valence-electron chi connectivity index (χ0n) is 13.4. The third-order valence-corrected chi connectivity index (χ3v) is 5.94. The van der Waals surface area contributed by atoms with E-state index < -0.39 is 0 Å². The van der Waals surface area contributed by atoms with Gasteiger partial charge in [0, 0.05) is 11.0 Å². The van der Waals surface area contributed by atoms with Crippen molar-refractivity contribution in [1.82, 2.24) is 19.9 Å². The summed E-state index contributed by atoms with van der Waals surface area (Å²) >= 11 is 7.33. The van der Waals surface area contributed by atoms with Crippen molar-refractivity contribution in [2.45, 2.75) is 0 Å². The number of fused-ring (bicyclic) bond motifs is 8. The maximum Gasteiger partial charge on any atom is 0.0800 e. The Kier molecular flexibility index (Phi) is 3.69. The number of aromatic amines is 2. The summed E-state index contributed by atoms with van der Waals surface area (Å²) in [5.41, 5.74) is 7.54. The minimum absolute atomic E-state index is 0.880. The number of hydrogen-bond donors (Lipinski definition) is 2. The lowest BCUT2D eigenvalue weighted by Gasteiger charge is -1.92. The molecular formula is C20H12Br2N4. The van der Waals surface area contributed by atoms with E-state index in [2.05, 4.69) is 70.0 Å². The standard InChI is InChI=1S/C20H12Br2N4/c21-19-15-5-1-11(23-15)9-12-2-6-17(24-12)20(22)18-8-4-14(26-18)10-13-3-7-16(19)25-13/h1-10,23-24H. The zero-order chi connectivity index (χ0) is 17.7. The number of rotatable bonds is 0. The summed E-state index contributed by atoms with van der Waals surface area (Å²) in [6.07, 6.45) is 7.99. The van der Waals surface area contributed by atoms with Gasteiger partial charge in [-0.1, -0.05) is 0 Å². The number of aromatic nitrogens is 4. The molecule has 0 fully saturated rings. The van der Waals surface area contributed by atoms with Gasteiger partial charge >= 0.3 is 0 Å². The molecule has 0 aliphatic carbocycles. The lowest BCUT2D eigenvalue weighted by Crippen LogP contribution is -1.80. The lowest BCUT2D eigenvalue weighted by molar-refractivity contribution is 1.26. The zero-order valence-corrected chi connectivity index (χ0v) is 16.6. The van der Waals surface area contributed by atoms with Gasteiger partial charge in [0.1, 0.15) is 0 Å². The first-order valence-corrected chi connectivity index (χ1v) is 9.66. The molecule has 6 heteroatoms. The summed E-state index contributed by atoms with van der Waals surface area (Å²) < 4.78 is 1.87. The van der Waals surface area contributed by atoms with Gasteiger partial charge in [-0.3, -0.25) is 0 Å². The van der Waals surface area contributed by atoms with Gasteiger partial charge in [-0.15, -0.1) is 0 Å². The fourth-order valence-electron chi connectivity index (χ4n) is 3.00. The van der Waals surface area contributed by atoms with Crippen molar-refractivity contribution in [2.75, 3.05) is 0 Å². The van der Waals surface area contributed by atoms with E-state index in [1.807, 2.05) is 42.5 Å². The van der Waals surface area contributed by atoms with E-state index in [9.17, 15) is 0 Å². The molecule has 3 aromatic heterocycles. The molecule has 0 atom stereocenters. The van der Waals surface area contributed by atoms with E-state index in [4.69, 9.17) is 0 Å². The van der Waals surface area contributed by atoms with Crippen LogP contribution in [0.5, 0.6) is 0 Å². The highest BCUT2D eigenvalue weighted by atomic mass is 79.9. The highest BCUT2D eigenvalue weighted by molar-refractivity contribution is 9.11. The maximum absolute atomic E-state index is 4.68. The number of nitrogens with zero attached hydrogens (tertiary/aromatic N) is 2. The molecule has 2 N–H and O–H groups in total. The van der Waals surface area contributed by atoms with Crippen molar-refractivity contribution in [3.8, 4) is 0 Å². The molecule has 0 spiro atoms. The van der Waals surface area contributed by atoms with Crippen LogP contribution in [0.15, 0.2) is 45.3 Å². The largest absolute Gasteiger partial charge is 0.354 e. The van der Waals surface area contributed by atoms with Crippen molar-refractivity contribution in [2.24, 2.45) is 0 Å². The Morgan fingerprint density at radius 3 is 1.62 bits per heavy atom. The molecule has 0 amide bonds. The first-order chi connectivity index (χ1) is 12.7. The molecule has 26 heavy (non-hydrogen) atoms. The Morgan fingerprint density at radius 1 is 0.615 bits per heavy atom. The van der Waals surface area contributed by atoms with Crippen LogP contribution in [-0.2, 0) is 0 Å². The average Bonchev–Trinajstić information content (AvgIpc) is 3.41. The van der Waals surface area contributed by atoms with Crippen LogP contribution in [0, 0.1) is 0 Å². The monoisotopic (exact) mass is 466 g/mol. The molecular weight excluding hydrogens is 456 g/mol. The van der Waals surface area contributed by atoms with Gasteiger partial charge in [0.2, 0.25) is 0 Å². The van der Waals surface area contributed by atoms with E-state index in [-0.39, 0.29) is 0 Å². The molecule has 0 aromatic carbocycles. The molecule has 3 aromatic rings. The molecule has 2 aliphatic rings. The Hall–Kier alpha value is -2.44. The van der Waals surface area contributed by atoms with Crippen molar-refractivity contribution in [3.05, 3.63) is 68.1 Å². The fraction of sp³-hybridized carbons (Fsp3) is 0. The van der Waals surface area contributed by atoms with Crippen LogP contribution in [0.3, 0.4) is 0 Å².